The van der Waals surface area contributed by atoms with Gasteiger partial charge in [0.1, 0.15) is 5.75 Å². The van der Waals surface area contributed by atoms with Crippen molar-refractivity contribution >= 4 is 32.4 Å². The minimum Gasteiger partial charge on any atom is -0.497 e. The number of hydrogen-bond donors (Lipinski definition) is 1. The lowest BCUT2D eigenvalue weighted by Gasteiger charge is -2.23. The first kappa shape index (κ1) is 12.9. The third kappa shape index (κ3) is 3.71. The molecule has 94 valence electrons. The highest BCUT2D eigenvalue weighted by Gasteiger charge is 2.17. The van der Waals surface area contributed by atoms with Gasteiger partial charge in [-0.25, -0.2) is 0 Å². The SMILES string of the molecule is COc1cc(Br)cc(NC2CCS(=O)CC2)c1. The van der Waals surface area contributed by atoms with E-state index in [1.807, 2.05) is 18.2 Å². The van der Waals surface area contributed by atoms with Gasteiger partial charge in [-0.3, -0.25) is 4.21 Å². The summed E-state index contributed by atoms with van der Waals surface area (Å²) in [5.41, 5.74) is 1.05. The molecule has 0 aromatic heterocycles. The molecule has 1 aliphatic heterocycles. The number of rotatable bonds is 3. The Labute approximate surface area is 113 Å². The fraction of sp³-hybridized carbons (Fsp3) is 0.500. The van der Waals surface area contributed by atoms with Gasteiger partial charge in [0.25, 0.3) is 0 Å². The Morgan fingerprint density at radius 3 is 2.71 bits per heavy atom. The van der Waals surface area contributed by atoms with Crippen LogP contribution in [-0.4, -0.2) is 28.9 Å². The van der Waals surface area contributed by atoms with Crippen molar-refractivity contribution in [2.75, 3.05) is 23.9 Å². The zero-order chi connectivity index (χ0) is 12.3. The van der Waals surface area contributed by atoms with Crippen LogP contribution in [0.1, 0.15) is 12.8 Å². The molecule has 0 amide bonds. The Morgan fingerprint density at radius 1 is 1.35 bits per heavy atom. The molecule has 2 rings (SSSR count). The van der Waals surface area contributed by atoms with E-state index in [4.69, 9.17) is 4.74 Å². The zero-order valence-corrected chi connectivity index (χ0v) is 12.1. The van der Waals surface area contributed by atoms with Crippen LogP contribution in [0.3, 0.4) is 0 Å². The number of nitrogens with one attached hydrogen (secondary N) is 1. The summed E-state index contributed by atoms with van der Waals surface area (Å²) in [6, 6.07) is 6.37. The van der Waals surface area contributed by atoms with Crippen LogP contribution in [0, 0.1) is 0 Å². The van der Waals surface area contributed by atoms with E-state index < -0.39 is 10.8 Å². The van der Waals surface area contributed by atoms with Crippen molar-refractivity contribution in [1.29, 1.82) is 0 Å². The van der Waals surface area contributed by atoms with Gasteiger partial charge in [-0.05, 0) is 25.0 Å². The fourth-order valence-corrected chi connectivity index (χ4v) is 3.71. The maximum absolute atomic E-state index is 11.3. The van der Waals surface area contributed by atoms with Crippen molar-refractivity contribution in [3.63, 3.8) is 0 Å². The van der Waals surface area contributed by atoms with Crippen molar-refractivity contribution in [2.24, 2.45) is 0 Å². The first-order valence-corrected chi connectivity index (χ1v) is 7.91. The van der Waals surface area contributed by atoms with Crippen molar-refractivity contribution in [3.8, 4) is 5.75 Å². The average molecular weight is 318 g/mol. The maximum atomic E-state index is 11.3. The Morgan fingerprint density at radius 2 is 2.06 bits per heavy atom. The van der Waals surface area contributed by atoms with Gasteiger partial charge >= 0.3 is 0 Å². The van der Waals surface area contributed by atoms with Gasteiger partial charge in [0.15, 0.2) is 0 Å². The summed E-state index contributed by atoms with van der Waals surface area (Å²) in [6.07, 6.45) is 1.95. The molecule has 1 saturated heterocycles. The van der Waals surface area contributed by atoms with E-state index in [-0.39, 0.29) is 0 Å². The third-order valence-electron chi connectivity index (χ3n) is 2.87. The Hall–Kier alpha value is -0.550. The topological polar surface area (TPSA) is 38.3 Å². The van der Waals surface area contributed by atoms with Crippen LogP contribution in [0.2, 0.25) is 0 Å². The molecule has 1 heterocycles. The minimum atomic E-state index is -0.603. The highest BCUT2D eigenvalue weighted by molar-refractivity contribution is 9.10. The van der Waals surface area contributed by atoms with Crippen LogP contribution in [-0.2, 0) is 10.8 Å². The Balaban J connectivity index is 2.02. The average Bonchev–Trinajstić information content (AvgIpc) is 2.31. The normalized spacial score (nSPS) is 24.4. The third-order valence-corrected chi connectivity index (χ3v) is 4.71. The summed E-state index contributed by atoms with van der Waals surface area (Å²) >= 11 is 3.46. The summed E-state index contributed by atoms with van der Waals surface area (Å²) in [5, 5.41) is 3.47. The van der Waals surface area contributed by atoms with Crippen molar-refractivity contribution in [3.05, 3.63) is 22.7 Å². The van der Waals surface area contributed by atoms with Crippen LogP contribution in [0.4, 0.5) is 5.69 Å². The molecule has 0 atom stereocenters. The van der Waals surface area contributed by atoms with Crippen LogP contribution < -0.4 is 10.1 Å². The van der Waals surface area contributed by atoms with E-state index in [0.29, 0.717) is 6.04 Å². The van der Waals surface area contributed by atoms with E-state index >= 15 is 0 Å². The highest BCUT2D eigenvalue weighted by atomic mass is 79.9. The molecule has 1 aromatic rings. The Kier molecular flexibility index (Phi) is 4.45. The van der Waals surface area contributed by atoms with Crippen LogP contribution in [0.15, 0.2) is 22.7 Å². The lowest BCUT2D eigenvalue weighted by Crippen LogP contribution is -2.29. The van der Waals surface area contributed by atoms with E-state index in [2.05, 4.69) is 21.2 Å². The van der Waals surface area contributed by atoms with Gasteiger partial charge in [0.2, 0.25) is 0 Å². The number of benzene rings is 1. The van der Waals surface area contributed by atoms with Gasteiger partial charge in [-0.2, -0.15) is 0 Å². The van der Waals surface area contributed by atoms with Crippen molar-refractivity contribution < 1.29 is 8.95 Å². The molecule has 0 bridgehead atoms. The number of hydrogen-bond acceptors (Lipinski definition) is 3. The molecule has 3 nitrogen and oxygen atoms in total. The van der Waals surface area contributed by atoms with Gasteiger partial charge in [-0.15, -0.1) is 0 Å². The fourth-order valence-electron chi connectivity index (χ4n) is 1.94. The predicted octanol–water partition coefficient (Wildman–Crippen LogP) is 2.78. The van der Waals surface area contributed by atoms with E-state index in [9.17, 15) is 4.21 Å². The molecule has 1 N–H and O–H groups in total. The summed E-state index contributed by atoms with van der Waals surface area (Å²) in [5.74, 6) is 2.45. The van der Waals surface area contributed by atoms with E-state index in [1.54, 1.807) is 7.11 Å². The minimum absolute atomic E-state index is 0.423. The molecular formula is C12H16BrNO2S. The summed E-state index contributed by atoms with van der Waals surface area (Å²) < 4.78 is 17.5. The largest absolute Gasteiger partial charge is 0.497 e. The summed E-state index contributed by atoms with van der Waals surface area (Å²) in [4.78, 5) is 0. The molecule has 0 unspecified atom stereocenters. The first-order valence-electron chi connectivity index (χ1n) is 5.63. The second-order valence-corrected chi connectivity index (χ2v) is 6.76. The standard InChI is InChI=1S/C12H16BrNO2S/c1-16-12-7-9(13)6-11(8-12)14-10-2-4-17(15)5-3-10/h6-8,10,14H,2-5H2,1H3. The molecule has 1 fully saturated rings. The molecule has 0 spiro atoms. The molecule has 1 aromatic carbocycles. The Bertz CT molecular complexity index is 415. The number of halogens is 1. The second-order valence-electron chi connectivity index (χ2n) is 4.15. The molecule has 0 saturated carbocycles. The summed E-state index contributed by atoms with van der Waals surface area (Å²) in [6.45, 7) is 0. The van der Waals surface area contributed by atoms with Crippen molar-refractivity contribution in [1.82, 2.24) is 0 Å². The van der Waals surface area contributed by atoms with E-state index in [0.717, 1.165) is 40.3 Å². The van der Waals surface area contributed by atoms with Crippen LogP contribution >= 0.6 is 15.9 Å². The van der Waals surface area contributed by atoms with Gasteiger partial charge in [0.05, 0.1) is 7.11 Å². The molecule has 5 heteroatoms. The lowest BCUT2D eigenvalue weighted by molar-refractivity contribution is 0.414. The van der Waals surface area contributed by atoms with Crippen LogP contribution in [0.5, 0.6) is 5.75 Å². The molecular weight excluding hydrogens is 302 g/mol. The quantitative estimate of drug-likeness (QED) is 0.931. The monoisotopic (exact) mass is 317 g/mol. The number of anilines is 1. The molecule has 1 aliphatic rings. The smallest absolute Gasteiger partial charge is 0.122 e. The lowest BCUT2D eigenvalue weighted by atomic mass is 10.1. The molecule has 0 aliphatic carbocycles. The summed E-state index contributed by atoms with van der Waals surface area (Å²) in [7, 11) is 1.06. The number of ether oxygens (including phenoxy) is 1. The number of methoxy groups -OCH3 is 1. The molecule has 17 heavy (non-hydrogen) atoms. The van der Waals surface area contributed by atoms with Crippen molar-refractivity contribution in [2.45, 2.75) is 18.9 Å². The predicted molar refractivity (Wildman–Crippen MR) is 75.2 cm³/mol. The van der Waals surface area contributed by atoms with Gasteiger partial charge in [0, 0.05) is 44.6 Å². The van der Waals surface area contributed by atoms with Gasteiger partial charge < -0.3 is 10.1 Å². The van der Waals surface area contributed by atoms with Crippen LogP contribution in [0.25, 0.3) is 0 Å². The maximum Gasteiger partial charge on any atom is 0.122 e. The van der Waals surface area contributed by atoms with Gasteiger partial charge in [-0.1, -0.05) is 15.9 Å². The molecule has 0 radical (unpaired) electrons. The second kappa shape index (κ2) is 5.87. The first-order chi connectivity index (χ1) is 8.17. The zero-order valence-electron chi connectivity index (χ0n) is 9.74. The van der Waals surface area contributed by atoms with E-state index in [1.165, 1.54) is 0 Å². The highest BCUT2D eigenvalue weighted by Crippen LogP contribution is 2.26.